The second-order valence-corrected chi connectivity index (χ2v) is 12.6. The van der Waals surface area contributed by atoms with E-state index < -0.39 is 5.97 Å². The first-order valence-corrected chi connectivity index (χ1v) is 14.5. The number of halogens is 1. The molecule has 0 saturated heterocycles. The fraction of sp³-hybridized carbons (Fsp3) is 0.471. The predicted octanol–water partition coefficient (Wildman–Crippen LogP) is 7.84. The van der Waals surface area contributed by atoms with Crippen LogP contribution in [0.3, 0.4) is 0 Å². The zero-order valence-electron chi connectivity index (χ0n) is 23.6. The number of ether oxygens (including phenoxy) is 2. The maximum absolute atomic E-state index is 15.1. The highest BCUT2D eigenvalue weighted by molar-refractivity contribution is 5.75. The van der Waals surface area contributed by atoms with Crippen molar-refractivity contribution in [1.29, 1.82) is 0 Å². The number of nitrogens with zero attached hydrogens (tertiary/aromatic N) is 1. The molecule has 2 saturated carbocycles. The first-order chi connectivity index (χ1) is 19.2. The lowest BCUT2D eigenvalue weighted by molar-refractivity contribution is -0.150. The summed E-state index contributed by atoms with van der Waals surface area (Å²) in [6.07, 6.45) is 9.20. The van der Waals surface area contributed by atoms with Gasteiger partial charge in [-0.2, -0.15) is 0 Å². The van der Waals surface area contributed by atoms with Gasteiger partial charge in [-0.15, -0.1) is 0 Å². The Bertz CT molecular complexity index is 1450. The molecule has 0 bridgehead atoms. The standard InChI is InChI=1S/C34H38FNO4/c1-33(2)13-5-7-27(33)25-16-21(8-11-24(25)26-18-31(39-3)36-19-30(26)35)20-40-23-10-9-22-6-4-14-34(29(22)17-23)15-12-28(34)32(37)38/h8-11,16-19,27-28H,4-7,12-15,20H2,1-3H3,(H,37,38)/t27-,28?,34?/m0/s1. The molecule has 2 aromatic carbocycles. The molecule has 3 atom stereocenters. The lowest BCUT2D eigenvalue weighted by atomic mass is 9.52. The van der Waals surface area contributed by atoms with Gasteiger partial charge in [0.25, 0.3) is 0 Å². The number of hydrogen-bond donors (Lipinski definition) is 1. The van der Waals surface area contributed by atoms with E-state index in [0.717, 1.165) is 73.8 Å². The summed E-state index contributed by atoms with van der Waals surface area (Å²) in [7, 11) is 1.54. The van der Waals surface area contributed by atoms with Crippen molar-refractivity contribution >= 4 is 5.97 Å². The summed E-state index contributed by atoms with van der Waals surface area (Å²) in [4.78, 5) is 16.0. The first kappa shape index (κ1) is 26.8. The van der Waals surface area contributed by atoms with Crippen LogP contribution in [0.1, 0.15) is 87.0 Å². The van der Waals surface area contributed by atoms with E-state index in [2.05, 4.69) is 37.0 Å². The lowest BCUT2D eigenvalue weighted by Gasteiger charge is -2.51. The summed E-state index contributed by atoms with van der Waals surface area (Å²) in [6.45, 7) is 4.99. The minimum Gasteiger partial charge on any atom is -0.489 e. The molecule has 0 radical (unpaired) electrons. The van der Waals surface area contributed by atoms with Gasteiger partial charge in [0.05, 0.1) is 19.2 Å². The quantitative estimate of drug-likeness (QED) is 0.329. The molecule has 0 amide bonds. The van der Waals surface area contributed by atoms with Gasteiger partial charge >= 0.3 is 5.97 Å². The van der Waals surface area contributed by atoms with E-state index in [0.29, 0.717) is 24.0 Å². The van der Waals surface area contributed by atoms with E-state index >= 15 is 4.39 Å². The highest BCUT2D eigenvalue weighted by Gasteiger charge is 2.53. The molecule has 2 unspecified atom stereocenters. The number of benzene rings is 2. The topological polar surface area (TPSA) is 68.7 Å². The summed E-state index contributed by atoms with van der Waals surface area (Å²) in [6, 6.07) is 14.1. The van der Waals surface area contributed by atoms with Crippen molar-refractivity contribution < 1.29 is 23.8 Å². The lowest BCUT2D eigenvalue weighted by Crippen LogP contribution is -2.50. The molecule has 0 aliphatic heterocycles. The van der Waals surface area contributed by atoms with Crippen molar-refractivity contribution in [3.63, 3.8) is 0 Å². The molecular formula is C34H38FNO4. The number of fused-ring (bicyclic) bond motifs is 2. The SMILES string of the molecule is COc1cc(-c2ccc(COc3ccc4c(c3)C3(CCC4)CCC3C(=O)O)cc2[C@@H]2CCCC2(C)C)c(F)cn1. The fourth-order valence-electron chi connectivity index (χ4n) is 7.72. The number of carboxylic acid groups (broad SMARTS) is 1. The number of carbonyl (C=O) groups is 1. The maximum Gasteiger partial charge on any atom is 0.307 e. The molecule has 5 nitrogen and oxygen atoms in total. The fourth-order valence-corrected chi connectivity index (χ4v) is 7.72. The van der Waals surface area contributed by atoms with Crippen LogP contribution in [0.2, 0.25) is 0 Å². The zero-order valence-corrected chi connectivity index (χ0v) is 23.6. The van der Waals surface area contributed by atoms with Gasteiger partial charge in [0.2, 0.25) is 5.88 Å². The van der Waals surface area contributed by atoms with Crippen LogP contribution in [0, 0.1) is 17.2 Å². The van der Waals surface area contributed by atoms with E-state index in [1.54, 1.807) is 13.2 Å². The Hall–Kier alpha value is -3.41. The van der Waals surface area contributed by atoms with E-state index in [9.17, 15) is 9.90 Å². The number of rotatable bonds is 7. The molecule has 1 N–H and O–H groups in total. The predicted molar refractivity (Wildman–Crippen MR) is 152 cm³/mol. The van der Waals surface area contributed by atoms with Crippen LogP contribution in [0.25, 0.3) is 11.1 Å². The summed E-state index contributed by atoms with van der Waals surface area (Å²) >= 11 is 0. The van der Waals surface area contributed by atoms with Gasteiger partial charge in [0, 0.05) is 17.0 Å². The zero-order chi connectivity index (χ0) is 28.1. The molecule has 6 rings (SSSR count). The molecule has 1 heterocycles. The van der Waals surface area contributed by atoms with E-state index in [1.807, 2.05) is 18.2 Å². The molecule has 1 aromatic heterocycles. The summed E-state index contributed by atoms with van der Waals surface area (Å²) in [5.74, 6) is 0.113. The monoisotopic (exact) mass is 543 g/mol. The molecular weight excluding hydrogens is 505 g/mol. The smallest absolute Gasteiger partial charge is 0.307 e. The van der Waals surface area contributed by atoms with Gasteiger partial charge in [0.1, 0.15) is 18.2 Å². The number of hydrogen-bond acceptors (Lipinski definition) is 4. The normalized spacial score (nSPS) is 24.8. The van der Waals surface area contributed by atoms with Crippen molar-refractivity contribution in [3.8, 4) is 22.8 Å². The molecule has 3 aliphatic rings. The van der Waals surface area contributed by atoms with Gasteiger partial charge in [-0.1, -0.05) is 44.5 Å². The van der Waals surface area contributed by atoms with E-state index in [1.165, 1.54) is 17.3 Å². The molecule has 1 spiro atoms. The van der Waals surface area contributed by atoms with Crippen LogP contribution < -0.4 is 9.47 Å². The third-order valence-electron chi connectivity index (χ3n) is 10.0. The Balaban J connectivity index is 1.31. The largest absolute Gasteiger partial charge is 0.489 e. The summed E-state index contributed by atoms with van der Waals surface area (Å²) < 4.78 is 26.7. The molecule has 2 fully saturated rings. The van der Waals surface area contributed by atoms with Crippen molar-refractivity contribution in [2.45, 2.75) is 83.2 Å². The van der Waals surface area contributed by atoms with E-state index in [-0.39, 0.29) is 22.6 Å². The summed E-state index contributed by atoms with van der Waals surface area (Å²) in [5, 5.41) is 9.84. The highest BCUT2D eigenvalue weighted by atomic mass is 19.1. The molecule has 40 heavy (non-hydrogen) atoms. The van der Waals surface area contributed by atoms with Crippen LogP contribution in [-0.4, -0.2) is 23.2 Å². The third kappa shape index (κ3) is 4.55. The van der Waals surface area contributed by atoms with Gasteiger partial charge in [-0.3, -0.25) is 4.79 Å². The van der Waals surface area contributed by atoms with Crippen molar-refractivity contribution in [3.05, 3.63) is 76.7 Å². The van der Waals surface area contributed by atoms with Crippen molar-refractivity contribution in [2.24, 2.45) is 11.3 Å². The van der Waals surface area contributed by atoms with Gasteiger partial charge in [-0.05, 0) is 96.2 Å². The Morgan fingerprint density at radius 1 is 1.05 bits per heavy atom. The maximum atomic E-state index is 15.1. The van der Waals surface area contributed by atoms with Crippen LogP contribution in [-0.2, 0) is 23.2 Å². The van der Waals surface area contributed by atoms with Crippen molar-refractivity contribution in [1.82, 2.24) is 4.98 Å². The molecule has 3 aliphatic carbocycles. The number of carboxylic acids is 1. The van der Waals surface area contributed by atoms with Crippen LogP contribution >= 0.6 is 0 Å². The number of methoxy groups -OCH3 is 1. The van der Waals surface area contributed by atoms with Crippen LogP contribution in [0.5, 0.6) is 11.6 Å². The van der Waals surface area contributed by atoms with Gasteiger partial charge in [0.15, 0.2) is 0 Å². The average molecular weight is 544 g/mol. The second kappa shape index (κ2) is 10.2. The number of pyridine rings is 1. The number of aromatic nitrogens is 1. The van der Waals surface area contributed by atoms with Crippen LogP contribution in [0.15, 0.2) is 48.7 Å². The first-order valence-electron chi connectivity index (χ1n) is 14.5. The minimum absolute atomic E-state index is 0.109. The van der Waals surface area contributed by atoms with E-state index in [4.69, 9.17) is 9.47 Å². The average Bonchev–Trinajstić information content (AvgIpc) is 3.29. The Kier molecular flexibility index (Phi) is 6.84. The van der Waals surface area contributed by atoms with Gasteiger partial charge < -0.3 is 14.6 Å². The second-order valence-electron chi connectivity index (χ2n) is 12.6. The molecule has 6 heteroatoms. The Labute approximate surface area is 235 Å². The Morgan fingerprint density at radius 3 is 2.60 bits per heavy atom. The number of aliphatic carboxylic acids is 1. The highest BCUT2D eigenvalue weighted by Crippen LogP contribution is 2.56. The van der Waals surface area contributed by atoms with Crippen molar-refractivity contribution in [2.75, 3.05) is 7.11 Å². The molecule has 210 valence electrons. The summed E-state index contributed by atoms with van der Waals surface area (Å²) in [5.41, 5.74) is 5.83. The third-order valence-corrected chi connectivity index (χ3v) is 10.0. The molecule has 3 aromatic rings. The van der Waals surface area contributed by atoms with Crippen LogP contribution in [0.4, 0.5) is 4.39 Å². The van der Waals surface area contributed by atoms with Gasteiger partial charge in [-0.25, -0.2) is 9.37 Å². The number of aryl methyl sites for hydroxylation is 1. The minimum atomic E-state index is -0.684. The Morgan fingerprint density at radius 2 is 1.90 bits per heavy atom.